The van der Waals surface area contributed by atoms with Gasteiger partial charge in [-0.05, 0) is 42.5 Å². The number of aliphatic carboxylic acids is 1. The summed E-state index contributed by atoms with van der Waals surface area (Å²) < 4.78 is 11.6. The van der Waals surface area contributed by atoms with Crippen LogP contribution in [0.25, 0.3) is 0 Å². The summed E-state index contributed by atoms with van der Waals surface area (Å²) in [6.45, 7) is 0. The molecule has 6 heteroatoms. The highest BCUT2D eigenvalue weighted by molar-refractivity contribution is 9.10. The molecule has 0 saturated heterocycles. The highest BCUT2D eigenvalue weighted by Gasteiger charge is 2.48. The molecule has 108 valence electrons. The molecule has 3 rings (SSSR count). The molecule has 2 N–H and O–H groups in total. The average molecular weight is 350 g/mol. The van der Waals surface area contributed by atoms with Crippen molar-refractivity contribution in [2.24, 2.45) is 0 Å². The first-order valence-electron chi connectivity index (χ1n) is 6.20. The maximum atomic E-state index is 11.8. The first-order chi connectivity index (χ1) is 10.0. The standard InChI is InChI=1S/C15H12BrNO4/c1-20-11-5-2-9(3-6-11)15(14(18)19)17-12-7-4-10(16)8-13(12)21-15/h2-8,17H,1H3,(H,18,19). The smallest absolute Gasteiger partial charge is 0.375 e. The molecule has 0 aliphatic carbocycles. The van der Waals surface area contributed by atoms with Crippen molar-refractivity contribution in [3.63, 3.8) is 0 Å². The summed E-state index contributed by atoms with van der Waals surface area (Å²) in [5.74, 6) is 0.0279. The Labute approximate surface area is 129 Å². The number of carboxylic acid groups (broad SMARTS) is 1. The van der Waals surface area contributed by atoms with Crippen molar-refractivity contribution < 1.29 is 19.4 Å². The minimum absolute atomic E-state index is 0.489. The second-order valence-electron chi connectivity index (χ2n) is 4.58. The van der Waals surface area contributed by atoms with Crippen LogP contribution in [0.5, 0.6) is 11.5 Å². The highest BCUT2D eigenvalue weighted by Crippen LogP contribution is 2.43. The molecule has 0 radical (unpaired) electrons. The Morgan fingerprint density at radius 3 is 2.62 bits per heavy atom. The van der Waals surface area contributed by atoms with Gasteiger partial charge in [-0.15, -0.1) is 0 Å². The molecule has 0 fully saturated rings. The fourth-order valence-corrected chi connectivity index (χ4v) is 2.58. The Bertz CT molecular complexity index is 701. The minimum Gasteiger partial charge on any atom is -0.497 e. The number of hydrogen-bond acceptors (Lipinski definition) is 4. The van der Waals surface area contributed by atoms with Crippen molar-refractivity contribution in [3.8, 4) is 11.5 Å². The van der Waals surface area contributed by atoms with Crippen molar-refractivity contribution in [1.82, 2.24) is 0 Å². The van der Waals surface area contributed by atoms with E-state index in [1.165, 1.54) is 0 Å². The lowest BCUT2D eigenvalue weighted by Crippen LogP contribution is -2.45. The summed E-state index contributed by atoms with van der Waals surface area (Å²) in [5.41, 5.74) is -0.505. The van der Waals surface area contributed by atoms with Crippen LogP contribution in [-0.2, 0) is 10.5 Å². The van der Waals surface area contributed by atoms with Crippen LogP contribution in [-0.4, -0.2) is 18.2 Å². The lowest BCUT2D eigenvalue weighted by molar-refractivity contribution is -0.152. The van der Waals surface area contributed by atoms with Gasteiger partial charge < -0.3 is 19.9 Å². The molecule has 0 aromatic heterocycles. The Hall–Kier alpha value is -2.21. The summed E-state index contributed by atoms with van der Waals surface area (Å²) in [4.78, 5) is 11.8. The van der Waals surface area contributed by atoms with Crippen LogP contribution in [0.3, 0.4) is 0 Å². The lowest BCUT2D eigenvalue weighted by Gasteiger charge is -2.25. The fourth-order valence-electron chi connectivity index (χ4n) is 2.24. The van der Waals surface area contributed by atoms with Crippen LogP contribution in [0, 0.1) is 0 Å². The summed E-state index contributed by atoms with van der Waals surface area (Å²) in [5, 5.41) is 12.6. The van der Waals surface area contributed by atoms with E-state index in [4.69, 9.17) is 9.47 Å². The first kappa shape index (κ1) is 13.8. The van der Waals surface area contributed by atoms with Gasteiger partial charge in [0.2, 0.25) is 0 Å². The fraction of sp³-hybridized carbons (Fsp3) is 0.133. The molecule has 1 aliphatic rings. The normalized spacial score (nSPS) is 19.3. The van der Waals surface area contributed by atoms with E-state index in [2.05, 4.69) is 21.2 Å². The number of benzene rings is 2. The van der Waals surface area contributed by atoms with Crippen LogP contribution in [0.1, 0.15) is 5.56 Å². The van der Waals surface area contributed by atoms with Gasteiger partial charge in [0.15, 0.2) is 0 Å². The zero-order chi connectivity index (χ0) is 15.0. The average Bonchev–Trinajstić information content (AvgIpc) is 2.87. The number of methoxy groups -OCH3 is 1. The molecule has 0 saturated carbocycles. The van der Waals surface area contributed by atoms with Crippen molar-refractivity contribution in [1.29, 1.82) is 0 Å². The maximum absolute atomic E-state index is 11.8. The summed E-state index contributed by atoms with van der Waals surface area (Å²) in [7, 11) is 1.56. The molecule has 1 unspecified atom stereocenters. The van der Waals surface area contributed by atoms with Gasteiger partial charge in [-0.25, -0.2) is 4.79 Å². The molecule has 1 atom stereocenters. The van der Waals surface area contributed by atoms with E-state index in [0.717, 1.165) is 4.47 Å². The Morgan fingerprint density at radius 2 is 2.00 bits per heavy atom. The van der Waals surface area contributed by atoms with Crippen molar-refractivity contribution >= 4 is 27.6 Å². The molecule has 0 bridgehead atoms. The van der Waals surface area contributed by atoms with Gasteiger partial charge in [0.05, 0.1) is 12.8 Å². The number of halogens is 1. The van der Waals surface area contributed by atoms with Crippen molar-refractivity contribution in [2.75, 3.05) is 12.4 Å². The van der Waals surface area contributed by atoms with E-state index in [9.17, 15) is 9.90 Å². The van der Waals surface area contributed by atoms with Gasteiger partial charge in [0.25, 0.3) is 0 Å². The lowest BCUT2D eigenvalue weighted by atomic mass is 10.0. The predicted molar refractivity (Wildman–Crippen MR) is 80.7 cm³/mol. The SMILES string of the molecule is COc1ccc(C2(C(=O)O)Nc3ccc(Br)cc3O2)cc1. The molecule has 1 heterocycles. The van der Waals surface area contributed by atoms with Crippen LogP contribution >= 0.6 is 15.9 Å². The molecule has 0 spiro atoms. The van der Waals surface area contributed by atoms with Crippen LogP contribution in [0.2, 0.25) is 0 Å². The van der Waals surface area contributed by atoms with Gasteiger partial charge in [-0.3, -0.25) is 0 Å². The van der Waals surface area contributed by atoms with E-state index in [0.29, 0.717) is 22.7 Å². The highest BCUT2D eigenvalue weighted by atomic mass is 79.9. The van der Waals surface area contributed by atoms with Crippen LogP contribution < -0.4 is 14.8 Å². The number of fused-ring (bicyclic) bond motifs is 1. The zero-order valence-electron chi connectivity index (χ0n) is 11.1. The van der Waals surface area contributed by atoms with E-state index in [1.54, 1.807) is 43.5 Å². The van der Waals surface area contributed by atoms with Gasteiger partial charge >= 0.3 is 11.7 Å². The number of anilines is 1. The molecule has 2 aromatic rings. The minimum atomic E-state index is -1.63. The van der Waals surface area contributed by atoms with Crippen molar-refractivity contribution in [2.45, 2.75) is 5.72 Å². The number of ether oxygens (including phenoxy) is 2. The van der Waals surface area contributed by atoms with Gasteiger partial charge in [-0.1, -0.05) is 15.9 Å². The second-order valence-corrected chi connectivity index (χ2v) is 5.50. The van der Waals surface area contributed by atoms with E-state index in [1.807, 2.05) is 6.07 Å². The molecule has 0 amide bonds. The van der Waals surface area contributed by atoms with Crippen LogP contribution in [0.15, 0.2) is 46.9 Å². The predicted octanol–water partition coefficient (Wildman–Crippen LogP) is 3.20. The van der Waals surface area contributed by atoms with Gasteiger partial charge in [-0.2, -0.15) is 0 Å². The number of rotatable bonds is 3. The quantitative estimate of drug-likeness (QED) is 0.890. The topological polar surface area (TPSA) is 67.8 Å². The molecular formula is C15H12BrNO4. The van der Waals surface area contributed by atoms with Gasteiger partial charge in [0, 0.05) is 10.0 Å². The third-order valence-electron chi connectivity index (χ3n) is 3.32. The molecule has 21 heavy (non-hydrogen) atoms. The van der Waals surface area contributed by atoms with E-state index >= 15 is 0 Å². The van der Waals surface area contributed by atoms with E-state index in [-0.39, 0.29) is 0 Å². The number of hydrogen-bond donors (Lipinski definition) is 2. The Morgan fingerprint density at radius 1 is 1.29 bits per heavy atom. The second kappa shape index (κ2) is 4.96. The number of carbonyl (C=O) groups is 1. The monoisotopic (exact) mass is 349 g/mol. The van der Waals surface area contributed by atoms with Crippen molar-refractivity contribution in [3.05, 3.63) is 52.5 Å². The summed E-state index contributed by atoms with van der Waals surface area (Å²) >= 11 is 3.34. The van der Waals surface area contributed by atoms with E-state index < -0.39 is 11.7 Å². The Balaban J connectivity index is 2.05. The third-order valence-corrected chi connectivity index (χ3v) is 3.81. The van der Waals surface area contributed by atoms with Gasteiger partial charge in [0.1, 0.15) is 11.5 Å². The largest absolute Gasteiger partial charge is 0.497 e. The summed E-state index contributed by atoms with van der Waals surface area (Å²) in [6.07, 6.45) is 0. The maximum Gasteiger partial charge on any atom is 0.375 e. The number of nitrogens with one attached hydrogen (secondary N) is 1. The zero-order valence-corrected chi connectivity index (χ0v) is 12.7. The third kappa shape index (κ3) is 2.21. The number of carboxylic acids is 1. The molecule has 1 aliphatic heterocycles. The molecular weight excluding hydrogens is 338 g/mol. The molecule has 2 aromatic carbocycles. The first-order valence-corrected chi connectivity index (χ1v) is 6.99. The summed E-state index contributed by atoms with van der Waals surface area (Å²) in [6, 6.07) is 12.1. The Kier molecular flexibility index (Phi) is 3.25. The van der Waals surface area contributed by atoms with Crippen LogP contribution in [0.4, 0.5) is 5.69 Å². The molecule has 5 nitrogen and oxygen atoms in total.